The van der Waals surface area contributed by atoms with Crippen LogP contribution in [0.1, 0.15) is 28.7 Å². The lowest BCUT2D eigenvalue weighted by Gasteiger charge is -2.13. The van der Waals surface area contributed by atoms with Gasteiger partial charge in [-0.15, -0.1) is 0 Å². The quantitative estimate of drug-likeness (QED) is 0.530. The van der Waals surface area contributed by atoms with E-state index in [0.717, 1.165) is 12.8 Å². The predicted molar refractivity (Wildman–Crippen MR) is 99.8 cm³/mol. The van der Waals surface area contributed by atoms with Gasteiger partial charge in [-0.25, -0.2) is 0 Å². The summed E-state index contributed by atoms with van der Waals surface area (Å²) < 4.78 is 0. The third-order valence-corrected chi connectivity index (χ3v) is 4.45. The molecule has 116 valence electrons. The van der Waals surface area contributed by atoms with Crippen molar-refractivity contribution in [1.29, 1.82) is 0 Å². The number of hydrogen-bond donors (Lipinski definition) is 0. The first-order valence-electron chi connectivity index (χ1n) is 8.43. The molecule has 3 aromatic rings. The molecule has 3 aromatic carbocycles. The van der Waals surface area contributed by atoms with E-state index in [1.165, 1.54) is 39.8 Å². The van der Waals surface area contributed by atoms with Gasteiger partial charge in [0.05, 0.1) is 0 Å². The lowest BCUT2D eigenvalue weighted by atomic mass is 9.92. The van der Waals surface area contributed by atoms with Crippen LogP contribution in [0.15, 0.2) is 72.8 Å². The van der Waals surface area contributed by atoms with E-state index < -0.39 is 0 Å². The van der Waals surface area contributed by atoms with Crippen molar-refractivity contribution in [3.63, 3.8) is 0 Å². The van der Waals surface area contributed by atoms with Crippen molar-refractivity contribution in [3.8, 4) is 11.1 Å². The highest BCUT2D eigenvalue weighted by molar-refractivity contribution is 5.71. The molecule has 23 heavy (non-hydrogen) atoms. The molecule has 0 heteroatoms. The minimum atomic E-state index is 1.12. The molecule has 0 radical (unpaired) electrons. The summed E-state index contributed by atoms with van der Waals surface area (Å²) in [6.45, 7) is 4.37. The van der Waals surface area contributed by atoms with Crippen molar-refractivity contribution in [2.24, 2.45) is 0 Å². The summed E-state index contributed by atoms with van der Waals surface area (Å²) in [5.41, 5.74) is 8.33. The largest absolute Gasteiger partial charge is 0.0622 e. The van der Waals surface area contributed by atoms with Gasteiger partial charge < -0.3 is 0 Å². The van der Waals surface area contributed by atoms with Crippen LogP contribution in [-0.4, -0.2) is 0 Å². The van der Waals surface area contributed by atoms with Crippen LogP contribution < -0.4 is 0 Å². The van der Waals surface area contributed by atoms with Crippen LogP contribution >= 0.6 is 0 Å². The summed E-state index contributed by atoms with van der Waals surface area (Å²) in [7, 11) is 0. The van der Waals surface area contributed by atoms with E-state index in [2.05, 4.69) is 86.6 Å². The number of hydrogen-bond acceptors (Lipinski definition) is 0. The Kier molecular flexibility index (Phi) is 4.92. The van der Waals surface area contributed by atoms with Gasteiger partial charge in [0.2, 0.25) is 0 Å². The molecule has 0 aliphatic rings. The minimum Gasteiger partial charge on any atom is -0.0622 e. The van der Waals surface area contributed by atoms with E-state index in [9.17, 15) is 0 Å². The molecule has 0 aliphatic carbocycles. The van der Waals surface area contributed by atoms with E-state index in [4.69, 9.17) is 0 Å². The molecule has 0 fully saturated rings. The monoisotopic (exact) mass is 300 g/mol. The molecule has 0 saturated carbocycles. The zero-order chi connectivity index (χ0) is 16.1. The third kappa shape index (κ3) is 3.90. The van der Waals surface area contributed by atoms with E-state index in [0.29, 0.717) is 0 Å². The van der Waals surface area contributed by atoms with Crippen molar-refractivity contribution in [2.45, 2.75) is 33.1 Å². The topological polar surface area (TPSA) is 0 Å². The summed E-state index contributed by atoms with van der Waals surface area (Å²) in [6, 6.07) is 26.4. The molecule has 0 heterocycles. The predicted octanol–water partition coefficient (Wildman–Crippen LogP) is 6.15. The zero-order valence-electron chi connectivity index (χ0n) is 14.0. The lowest BCUT2D eigenvalue weighted by Crippen LogP contribution is -1.94. The standard InChI is InChI=1S/C23H24/c1-18-15-16-19(2)23(17-18)22-14-7-6-12-21(22)13-8-11-20-9-4-3-5-10-20/h3-7,9-10,12,14-17H,8,11,13H2,1-2H3. The molecular formula is C23H24. The first kappa shape index (κ1) is 15.6. The maximum absolute atomic E-state index is 2.31. The van der Waals surface area contributed by atoms with Gasteiger partial charge in [0.25, 0.3) is 0 Å². The fourth-order valence-corrected chi connectivity index (χ4v) is 3.15. The van der Waals surface area contributed by atoms with Crippen LogP contribution in [0.3, 0.4) is 0 Å². The second-order valence-electron chi connectivity index (χ2n) is 6.31. The van der Waals surface area contributed by atoms with Gasteiger partial charge >= 0.3 is 0 Å². The molecule has 0 saturated heterocycles. The summed E-state index contributed by atoms with van der Waals surface area (Å²) in [4.78, 5) is 0. The molecule has 0 N–H and O–H groups in total. The van der Waals surface area contributed by atoms with Crippen molar-refractivity contribution >= 4 is 0 Å². The second kappa shape index (κ2) is 7.28. The highest BCUT2D eigenvalue weighted by atomic mass is 14.1. The maximum atomic E-state index is 2.31. The van der Waals surface area contributed by atoms with Gasteiger partial charge in [0.1, 0.15) is 0 Å². The fraction of sp³-hybridized carbons (Fsp3) is 0.217. The Morgan fingerprint density at radius 3 is 2.22 bits per heavy atom. The van der Waals surface area contributed by atoms with Crippen molar-refractivity contribution in [3.05, 3.63) is 95.1 Å². The summed E-state index contributed by atoms with van der Waals surface area (Å²) >= 11 is 0. The van der Waals surface area contributed by atoms with Gasteiger partial charge in [-0.1, -0.05) is 78.4 Å². The Labute approximate surface area is 139 Å². The molecule has 0 amide bonds. The minimum absolute atomic E-state index is 1.12. The first-order valence-corrected chi connectivity index (χ1v) is 8.43. The number of benzene rings is 3. The molecule has 0 unspecified atom stereocenters. The summed E-state index contributed by atoms with van der Waals surface area (Å²) in [5.74, 6) is 0. The molecule has 0 aromatic heterocycles. The van der Waals surface area contributed by atoms with Crippen LogP contribution in [0.4, 0.5) is 0 Å². The second-order valence-corrected chi connectivity index (χ2v) is 6.31. The van der Waals surface area contributed by atoms with Gasteiger partial charge in [-0.2, -0.15) is 0 Å². The molecule has 0 bridgehead atoms. The summed E-state index contributed by atoms with van der Waals surface area (Å²) in [5, 5.41) is 0. The van der Waals surface area contributed by atoms with Crippen molar-refractivity contribution < 1.29 is 0 Å². The lowest BCUT2D eigenvalue weighted by molar-refractivity contribution is 0.822. The average molecular weight is 300 g/mol. The molecule has 0 nitrogen and oxygen atoms in total. The Balaban J connectivity index is 1.79. The van der Waals surface area contributed by atoms with Crippen LogP contribution in [0.25, 0.3) is 11.1 Å². The normalized spacial score (nSPS) is 10.7. The smallest absolute Gasteiger partial charge is 0.0149 e. The molecule has 0 spiro atoms. The van der Waals surface area contributed by atoms with Gasteiger partial charge in [-0.3, -0.25) is 0 Å². The number of rotatable bonds is 5. The number of aryl methyl sites for hydroxylation is 4. The van der Waals surface area contributed by atoms with Crippen molar-refractivity contribution in [1.82, 2.24) is 0 Å². The van der Waals surface area contributed by atoms with Crippen LogP contribution in [0.5, 0.6) is 0 Å². The SMILES string of the molecule is Cc1ccc(C)c(-c2ccccc2CCCc2ccccc2)c1. The maximum Gasteiger partial charge on any atom is -0.0149 e. The van der Waals surface area contributed by atoms with Crippen LogP contribution in [-0.2, 0) is 12.8 Å². The Bertz CT molecular complexity index is 769. The molecule has 3 rings (SSSR count). The van der Waals surface area contributed by atoms with Crippen LogP contribution in [0, 0.1) is 13.8 Å². The van der Waals surface area contributed by atoms with Gasteiger partial charge in [0, 0.05) is 0 Å². The summed E-state index contributed by atoms with van der Waals surface area (Å²) in [6.07, 6.45) is 3.45. The molecule has 0 atom stereocenters. The van der Waals surface area contributed by atoms with E-state index >= 15 is 0 Å². The molecule has 0 aliphatic heterocycles. The Morgan fingerprint density at radius 2 is 1.39 bits per heavy atom. The fourth-order valence-electron chi connectivity index (χ4n) is 3.15. The highest BCUT2D eigenvalue weighted by Crippen LogP contribution is 2.28. The average Bonchev–Trinajstić information content (AvgIpc) is 2.59. The third-order valence-electron chi connectivity index (χ3n) is 4.45. The Hall–Kier alpha value is -2.34. The van der Waals surface area contributed by atoms with Crippen molar-refractivity contribution in [2.75, 3.05) is 0 Å². The van der Waals surface area contributed by atoms with Gasteiger partial charge in [-0.05, 0) is 60.9 Å². The van der Waals surface area contributed by atoms with E-state index in [-0.39, 0.29) is 0 Å². The molecular weight excluding hydrogens is 276 g/mol. The highest BCUT2D eigenvalue weighted by Gasteiger charge is 2.07. The van der Waals surface area contributed by atoms with E-state index in [1.54, 1.807) is 0 Å². The van der Waals surface area contributed by atoms with Crippen LogP contribution in [0.2, 0.25) is 0 Å². The van der Waals surface area contributed by atoms with Gasteiger partial charge in [0.15, 0.2) is 0 Å². The van der Waals surface area contributed by atoms with E-state index in [1.807, 2.05) is 0 Å². The zero-order valence-corrected chi connectivity index (χ0v) is 14.0. The Morgan fingerprint density at radius 1 is 0.652 bits per heavy atom. The first-order chi connectivity index (χ1) is 11.2.